The lowest BCUT2D eigenvalue weighted by molar-refractivity contribution is 1.29. The quantitative estimate of drug-likeness (QED) is 0.0703. The van der Waals surface area contributed by atoms with E-state index in [0.717, 1.165) is 50.0 Å². The monoisotopic (exact) mass is 1160 g/mol. The van der Waals surface area contributed by atoms with Crippen LogP contribution in [0.25, 0.3) is 102 Å². The summed E-state index contributed by atoms with van der Waals surface area (Å²) in [6, 6.07) is 106. The Morgan fingerprint density at radius 1 is 0.250 bits per heavy atom. The molecule has 0 aliphatic rings. The van der Waals surface area contributed by atoms with Gasteiger partial charge >= 0.3 is 0 Å². The molecule has 0 aliphatic carbocycles. The predicted octanol–water partition coefficient (Wildman–Crippen LogP) is 24.8. The van der Waals surface area contributed by atoms with Gasteiger partial charge in [0.2, 0.25) is 0 Å². The van der Waals surface area contributed by atoms with Crippen LogP contribution < -0.4 is 9.80 Å². The van der Waals surface area contributed by atoms with Crippen molar-refractivity contribution in [3.8, 4) is 20.9 Å². The van der Waals surface area contributed by atoms with Crippen molar-refractivity contribution < 1.29 is 0 Å². The number of benzene rings is 12. The van der Waals surface area contributed by atoms with Gasteiger partial charge in [-0.15, -0.1) is 22.7 Å². The lowest BCUT2D eigenvalue weighted by atomic mass is 9.90. The predicted molar refractivity (Wildman–Crippen MR) is 386 cm³/mol. The van der Waals surface area contributed by atoms with E-state index >= 15 is 0 Å². The third-order valence-electron chi connectivity index (χ3n) is 16.3. The van der Waals surface area contributed by atoms with Crippen LogP contribution >= 0.6 is 22.7 Å². The maximum absolute atomic E-state index is 2.47. The molecule has 0 radical (unpaired) electrons. The Bertz CT molecular complexity index is 4680. The normalized spacial score (nSPS) is 11.8. The Hall–Kier alpha value is -10.6. The average Bonchev–Trinajstić information content (AvgIpc) is 2.84. The zero-order valence-electron chi connectivity index (χ0n) is 49.0. The van der Waals surface area contributed by atoms with Crippen LogP contribution in [0.3, 0.4) is 0 Å². The highest BCUT2D eigenvalue weighted by molar-refractivity contribution is 7.20. The highest BCUT2D eigenvalue weighted by Crippen LogP contribution is 2.51. The first-order valence-electron chi connectivity index (χ1n) is 29.9. The van der Waals surface area contributed by atoms with Gasteiger partial charge < -0.3 is 9.80 Å². The van der Waals surface area contributed by atoms with Gasteiger partial charge in [-0.2, -0.15) is 0 Å². The molecule has 0 N–H and O–H groups in total. The van der Waals surface area contributed by atoms with E-state index in [-0.39, 0.29) is 0 Å². The van der Waals surface area contributed by atoms with Crippen LogP contribution in [0.2, 0.25) is 0 Å². The maximum atomic E-state index is 2.47. The van der Waals surface area contributed by atoms with E-state index < -0.39 is 0 Å². The van der Waals surface area contributed by atoms with Crippen molar-refractivity contribution in [2.45, 2.75) is 13.8 Å². The molecule has 420 valence electrons. The van der Waals surface area contributed by atoms with E-state index in [9.17, 15) is 0 Å². The molecule has 2 aromatic heterocycles. The SMILES string of the molecule is Cc1cc(N(c2ccc(/C=C/c3ccccc3)cc2)c2ccc(/C=C/c3ccccc3)cc2)sc1-c1cc2c3ccccc3c(-c3cc(C)c(N(c4ccc(/C=C/c5ccccc5)cc4)c4ccc(/C=C/c5ccccc5)cc4)s3)cc2c2ccccc12. The minimum atomic E-state index is 1.10. The maximum Gasteiger partial charge on any atom is 0.103 e. The first-order valence-corrected chi connectivity index (χ1v) is 31.6. The lowest BCUT2D eigenvalue weighted by Crippen LogP contribution is -2.09. The summed E-state index contributed by atoms with van der Waals surface area (Å²) in [6.45, 7) is 4.54. The second-order valence-electron chi connectivity index (χ2n) is 22.2. The fourth-order valence-electron chi connectivity index (χ4n) is 11.8. The van der Waals surface area contributed by atoms with Gasteiger partial charge in [-0.3, -0.25) is 0 Å². The van der Waals surface area contributed by atoms with Crippen LogP contribution in [0, 0.1) is 13.8 Å². The number of aryl methyl sites for hydroxylation is 2. The minimum Gasteiger partial charge on any atom is -0.302 e. The van der Waals surface area contributed by atoms with E-state index in [4.69, 9.17) is 0 Å². The van der Waals surface area contributed by atoms with Gasteiger partial charge in [0.25, 0.3) is 0 Å². The second kappa shape index (κ2) is 25.1. The summed E-state index contributed by atoms with van der Waals surface area (Å²) in [5.41, 5.74) is 18.6. The number of rotatable bonds is 16. The summed E-state index contributed by atoms with van der Waals surface area (Å²) in [6.07, 6.45) is 17.5. The van der Waals surface area contributed by atoms with Crippen LogP contribution in [0.4, 0.5) is 32.8 Å². The highest BCUT2D eigenvalue weighted by atomic mass is 32.1. The molecule has 0 fully saturated rings. The Morgan fingerprint density at radius 3 is 0.932 bits per heavy atom. The molecule has 0 aliphatic heterocycles. The molecule has 0 amide bonds. The molecule has 0 saturated carbocycles. The Labute approximate surface area is 524 Å². The van der Waals surface area contributed by atoms with Crippen LogP contribution in [0.5, 0.6) is 0 Å². The van der Waals surface area contributed by atoms with E-state index in [1.807, 2.05) is 22.7 Å². The van der Waals surface area contributed by atoms with Crippen LogP contribution in [0.1, 0.15) is 55.6 Å². The van der Waals surface area contributed by atoms with Crippen LogP contribution in [-0.4, -0.2) is 0 Å². The topological polar surface area (TPSA) is 6.48 Å². The summed E-state index contributed by atoms with van der Waals surface area (Å²) < 4.78 is 0. The number of hydrogen-bond acceptors (Lipinski definition) is 4. The number of fused-ring (bicyclic) bond motifs is 5. The molecular weight excluding hydrogens is 1100 g/mol. The summed E-state index contributed by atoms with van der Waals surface area (Å²) in [5.74, 6) is 0. The van der Waals surface area contributed by atoms with Crippen molar-refractivity contribution in [3.63, 3.8) is 0 Å². The van der Waals surface area contributed by atoms with E-state index in [2.05, 4.69) is 363 Å². The molecule has 88 heavy (non-hydrogen) atoms. The molecule has 14 aromatic rings. The molecule has 2 heterocycles. The third kappa shape index (κ3) is 11.9. The average molecular weight is 1160 g/mol. The smallest absolute Gasteiger partial charge is 0.103 e. The summed E-state index contributed by atoms with van der Waals surface area (Å²) in [7, 11) is 0. The fourth-order valence-corrected chi connectivity index (χ4v) is 14.3. The van der Waals surface area contributed by atoms with E-state index in [0.29, 0.717) is 0 Å². The Morgan fingerprint density at radius 2 is 0.557 bits per heavy atom. The van der Waals surface area contributed by atoms with Crippen LogP contribution in [0.15, 0.2) is 291 Å². The standard InChI is InChI=1S/C84H62N2S2/c1-59-56-82(85(69-47-39-65(40-48-69)35-31-61-19-7-3-8-20-61)70-49-41-66(42-50-70)36-32-62-21-9-4-10-22-62)88-83(59)80-58-78-73-27-15-17-29-75(73)79(57-77(78)74-28-16-18-30-76(74)80)81-55-60(2)84(87-81)86(71-51-43-67(44-52-71)37-33-63-23-11-5-12-24-63)72-53-45-68(46-54-72)38-34-64-25-13-6-14-26-64/h3-58H,1-2H3/b35-31+,36-32+,37-33+,38-34+. The van der Waals surface area contributed by atoms with Gasteiger partial charge in [0.1, 0.15) is 10.0 Å². The minimum absolute atomic E-state index is 1.10. The zero-order chi connectivity index (χ0) is 59.2. The molecule has 0 atom stereocenters. The van der Waals surface area contributed by atoms with Crippen molar-refractivity contribution in [2.24, 2.45) is 0 Å². The Kier molecular flexibility index (Phi) is 15.8. The van der Waals surface area contributed by atoms with Crippen molar-refractivity contribution >= 4 is 136 Å². The first-order chi connectivity index (χ1) is 43.4. The Balaban J connectivity index is 0.846. The van der Waals surface area contributed by atoms with Crippen molar-refractivity contribution in [2.75, 3.05) is 9.80 Å². The largest absolute Gasteiger partial charge is 0.302 e. The third-order valence-corrected chi connectivity index (χ3v) is 18.8. The van der Waals surface area contributed by atoms with Gasteiger partial charge in [-0.1, -0.05) is 267 Å². The van der Waals surface area contributed by atoms with E-state index in [1.54, 1.807) is 0 Å². The summed E-state index contributed by atoms with van der Waals surface area (Å²) in [4.78, 5) is 7.34. The van der Waals surface area contributed by atoms with Gasteiger partial charge in [0, 0.05) is 43.6 Å². The fraction of sp³-hybridized carbons (Fsp3) is 0.0238. The number of nitrogens with zero attached hydrogens (tertiary/aromatic N) is 2. The second-order valence-corrected chi connectivity index (χ2v) is 24.3. The van der Waals surface area contributed by atoms with Gasteiger partial charge in [0.15, 0.2) is 0 Å². The molecule has 0 saturated heterocycles. The zero-order valence-corrected chi connectivity index (χ0v) is 50.7. The van der Waals surface area contributed by atoms with Crippen molar-refractivity contribution in [1.29, 1.82) is 0 Å². The van der Waals surface area contributed by atoms with E-state index in [1.165, 1.54) is 91.6 Å². The molecule has 2 nitrogen and oxygen atoms in total. The molecular formula is C84H62N2S2. The molecule has 12 aromatic carbocycles. The molecule has 0 spiro atoms. The van der Waals surface area contributed by atoms with Gasteiger partial charge in [-0.05, 0) is 175 Å². The number of hydrogen-bond donors (Lipinski definition) is 0. The number of anilines is 6. The summed E-state index contributed by atoms with van der Waals surface area (Å²) >= 11 is 3.72. The first kappa shape index (κ1) is 55.3. The van der Waals surface area contributed by atoms with Crippen molar-refractivity contribution in [1.82, 2.24) is 0 Å². The molecule has 4 heteroatoms. The molecule has 14 rings (SSSR count). The van der Waals surface area contributed by atoms with Gasteiger partial charge in [0.05, 0.1) is 0 Å². The van der Waals surface area contributed by atoms with Crippen molar-refractivity contribution in [3.05, 3.63) is 347 Å². The number of thiophene rings is 2. The molecule has 0 bridgehead atoms. The van der Waals surface area contributed by atoms with Crippen LogP contribution in [-0.2, 0) is 0 Å². The molecule has 0 unspecified atom stereocenters. The highest BCUT2D eigenvalue weighted by Gasteiger charge is 2.23. The summed E-state index contributed by atoms with van der Waals surface area (Å²) in [5, 5.41) is 9.78. The van der Waals surface area contributed by atoms with Gasteiger partial charge in [-0.25, -0.2) is 0 Å². The lowest BCUT2D eigenvalue weighted by Gasteiger charge is -2.25.